The summed E-state index contributed by atoms with van der Waals surface area (Å²) in [7, 11) is 3.19. The Labute approximate surface area is 136 Å². The lowest BCUT2D eigenvalue weighted by Crippen LogP contribution is -1.90. The third-order valence-electron chi connectivity index (χ3n) is 3.14. The Morgan fingerprint density at radius 3 is 2.50 bits per heavy atom. The Morgan fingerprint density at radius 1 is 0.955 bits per heavy atom. The number of hydrogen-bond donors (Lipinski definition) is 0. The molecule has 0 amide bonds. The zero-order valence-corrected chi connectivity index (χ0v) is 13.6. The minimum atomic E-state index is 0.398. The highest BCUT2D eigenvalue weighted by molar-refractivity contribution is 9.10. The molecule has 0 aliphatic rings. The largest absolute Gasteiger partial charge is 0.497 e. The summed E-state index contributed by atoms with van der Waals surface area (Å²) in [6, 6.07) is 13.1. The number of benzene rings is 2. The van der Waals surface area contributed by atoms with Crippen molar-refractivity contribution in [2.45, 2.75) is 0 Å². The fourth-order valence-electron chi connectivity index (χ4n) is 2.05. The quantitative estimate of drug-likeness (QED) is 0.698. The van der Waals surface area contributed by atoms with Gasteiger partial charge in [0.2, 0.25) is 5.89 Å². The molecule has 0 N–H and O–H groups in total. The summed E-state index contributed by atoms with van der Waals surface area (Å²) in [4.78, 5) is 0. The second-order valence-electron chi connectivity index (χ2n) is 4.49. The van der Waals surface area contributed by atoms with Crippen LogP contribution in [0.3, 0.4) is 0 Å². The maximum Gasteiger partial charge on any atom is 0.251 e. The molecule has 5 nitrogen and oxygen atoms in total. The average molecular weight is 361 g/mol. The molecule has 112 valence electrons. The summed E-state index contributed by atoms with van der Waals surface area (Å²) < 4.78 is 17.3. The molecule has 0 aliphatic heterocycles. The van der Waals surface area contributed by atoms with Crippen LogP contribution in [-0.2, 0) is 0 Å². The smallest absolute Gasteiger partial charge is 0.251 e. The van der Waals surface area contributed by atoms with Crippen LogP contribution in [0.1, 0.15) is 0 Å². The van der Waals surface area contributed by atoms with E-state index in [1.807, 2.05) is 36.4 Å². The molecule has 0 radical (unpaired) electrons. The molecule has 0 bridgehead atoms. The minimum Gasteiger partial charge on any atom is -0.497 e. The second-order valence-corrected chi connectivity index (χ2v) is 5.40. The van der Waals surface area contributed by atoms with E-state index in [-0.39, 0.29) is 0 Å². The van der Waals surface area contributed by atoms with Gasteiger partial charge >= 0.3 is 0 Å². The number of halogens is 1. The van der Waals surface area contributed by atoms with Crippen molar-refractivity contribution < 1.29 is 13.9 Å². The molecule has 0 atom stereocenters. The van der Waals surface area contributed by atoms with Gasteiger partial charge in [-0.05, 0) is 30.3 Å². The van der Waals surface area contributed by atoms with Gasteiger partial charge in [-0.1, -0.05) is 22.0 Å². The molecular weight excluding hydrogens is 348 g/mol. The van der Waals surface area contributed by atoms with E-state index in [0.29, 0.717) is 23.3 Å². The van der Waals surface area contributed by atoms with Gasteiger partial charge in [0.25, 0.3) is 5.89 Å². The SMILES string of the molecule is COc1ccc(-c2nnc(-c3cccc(Br)c3)o2)c(OC)c1. The Balaban J connectivity index is 2.00. The Hall–Kier alpha value is -2.34. The highest BCUT2D eigenvalue weighted by Crippen LogP contribution is 2.34. The topological polar surface area (TPSA) is 57.4 Å². The van der Waals surface area contributed by atoms with E-state index >= 15 is 0 Å². The van der Waals surface area contributed by atoms with E-state index < -0.39 is 0 Å². The summed E-state index contributed by atoms with van der Waals surface area (Å²) >= 11 is 3.43. The maximum atomic E-state index is 5.76. The molecule has 0 saturated heterocycles. The van der Waals surface area contributed by atoms with E-state index in [1.165, 1.54) is 0 Å². The van der Waals surface area contributed by atoms with E-state index in [1.54, 1.807) is 20.3 Å². The fraction of sp³-hybridized carbons (Fsp3) is 0.125. The van der Waals surface area contributed by atoms with Crippen LogP contribution in [0.2, 0.25) is 0 Å². The van der Waals surface area contributed by atoms with Crippen molar-refractivity contribution in [3.8, 4) is 34.4 Å². The highest BCUT2D eigenvalue weighted by Gasteiger charge is 2.15. The number of ether oxygens (including phenoxy) is 2. The molecule has 1 heterocycles. The summed E-state index contributed by atoms with van der Waals surface area (Å²) in [5.41, 5.74) is 1.57. The third-order valence-corrected chi connectivity index (χ3v) is 3.63. The lowest BCUT2D eigenvalue weighted by atomic mass is 10.2. The molecule has 3 rings (SSSR count). The number of methoxy groups -OCH3 is 2. The Morgan fingerprint density at radius 2 is 1.77 bits per heavy atom. The second kappa shape index (κ2) is 6.19. The van der Waals surface area contributed by atoms with Crippen LogP contribution in [-0.4, -0.2) is 24.4 Å². The van der Waals surface area contributed by atoms with E-state index in [9.17, 15) is 0 Å². The summed E-state index contributed by atoms with van der Waals surface area (Å²) in [6.07, 6.45) is 0. The minimum absolute atomic E-state index is 0.398. The van der Waals surface area contributed by atoms with Crippen molar-refractivity contribution in [3.63, 3.8) is 0 Å². The van der Waals surface area contributed by atoms with Gasteiger partial charge in [0.15, 0.2) is 0 Å². The van der Waals surface area contributed by atoms with Gasteiger partial charge in [-0.15, -0.1) is 10.2 Å². The molecule has 0 spiro atoms. The molecule has 22 heavy (non-hydrogen) atoms. The Bertz CT molecular complexity index is 802. The monoisotopic (exact) mass is 360 g/mol. The van der Waals surface area contributed by atoms with Gasteiger partial charge in [-0.3, -0.25) is 0 Å². The molecule has 0 fully saturated rings. The molecule has 3 aromatic rings. The average Bonchev–Trinajstić information content (AvgIpc) is 3.04. The van der Waals surface area contributed by atoms with E-state index in [4.69, 9.17) is 13.9 Å². The van der Waals surface area contributed by atoms with Crippen LogP contribution in [0.15, 0.2) is 51.4 Å². The molecule has 6 heteroatoms. The summed E-state index contributed by atoms with van der Waals surface area (Å²) in [5.74, 6) is 2.17. The van der Waals surface area contributed by atoms with Crippen LogP contribution in [0.5, 0.6) is 11.5 Å². The lowest BCUT2D eigenvalue weighted by Gasteiger charge is -2.07. The number of rotatable bonds is 4. The van der Waals surface area contributed by atoms with Gasteiger partial charge < -0.3 is 13.9 Å². The molecular formula is C16H13BrN2O3. The van der Waals surface area contributed by atoms with Crippen LogP contribution in [0.25, 0.3) is 22.9 Å². The number of aromatic nitrogens is 2. The van der Waals surface area contributed by atoms with Crippen molar-refractivity contribution in [2.75, 3.05) is 14.2 Å². The summed E-state index contributed by atoms with van der Waals surface area (Å²) in [5, 5.41) is 8.20. The van der Waals surface area contributed by atoms with Crippen molar-refractivity contribution in [2.24, 2.45) is 0 Å². The van der Waals surface area contributed by atoms with Crippen LogP contribution in [0, 0.1) is 0 Å². The molecule has 2 aromatic carbocycles. The third kappa shape index (κ3) is 2.82. The molecule has 0 unspecified atom stereocenters. The van der Waals surface area contributed by atoms with E-state index in [2.05, 4.69) is 26.1 Å². The van der Waals surface area contributed by atoms with Gasteiger partial charge in [0.05, 0.1) is 19.8 Å². The van der Waals surface area contributed by atoms with Crippen LogP contribution < -0.4 is 9.47 Å². The van der Waals surface area contributed by atoms with Gasteiger partial charge in [0.1, 0.15) is 11.5 Å². The Kier molecular flexibility index (Phi) is 4.11. The first-order valence-electron chi connectivity index (χ1n) is 6.53. The van der Waals surface area contributed by atoms with Crippen molar-refractivity contribution in [3.05, 3.63) is 46.9 Å². The zero-order valence-electron chi connectivity index (χ0n) is 12.0. The molecule has 0 aliphatic carbocycles. The van der Waals surface area contributed by atoms with Crippen molar-refractivity contribution >= 4 is 15.9 Å². The number of nitrogens with zero attached hydrogens (tertiary/aromatic N) is 2. The predicted molar refractivity (Wildman–Crippen MR) is 86.0 cm³/mol. The zero-order chi connectivity index (χ0) is 15.5. The van der Waals surface area contributed by atoms with Crippen LogP contribution >= 0.6 is 15.9 Å². The van der Waals surface area contributed by atoms with Crippen molar-refractivity contribution in [1.82, 2.24) is 10.2 Å². The number of hydrogen-bond acceptors (Lipinski definition) is 5. The first-order chi connectivity index (χ1) is 10.7. The van der Waals surface area contributed by atoms with Crippen LogP contribution in [0.4, 0.5) is 0 Å². The summed E-state index contributed by atoms with van der Waals surface area (Å²) in [6.45, 7) is 0. The van der Waals surface area contributed by atoms with Gasteiger partial charge in [-0.2, -0.15) is 0 Å². The standard InChI is InChI=1S/C16H13BrN2O3/c1-20-12-6-7-13(14(9-12)21-2)16-19-18-15(22-16)10-4-3-5-11(17)8-10/h3-9H,1-2H3. The fourth-order valence-corrected chi connectivity index (χ4v) is 2.44. The predicted octanol–water partition coefficient (Wildman–Crippen LogP) is 4.18. The highest BCUT2D eigenvalue weighted by atomic mass is 79.9. The first kappa shape index (κ1) is 14.6. The van der Waals surface area contributed by atoms with Crippen molar-refractivity contribution in [1.29, 1.82) is 0 Å². The van der Waals surface area contributed by atoms with Gasteiger partial charge in [0, 0.05) is 16.1 Å². The lowest BCUT2D eigenvalue weighted by molar-refractivity contribution is 0.394. The first-order valence-corrected chi connectivity index (χ1v) is 7.32. The normalized spacial score (nSPS) is 10.5. The maximum absolute atomic E-state index is 5.76. The van der Waals surface area contributed by atoms with E-state index in [0.717, 1.165) is 15.6 Å². The molecule has 1 aromatic heterocycles. The molecule has 0 saturated carbocycles. The van der Waals surface area contributed by atoms with Gasteiger partial charge in [-0.25, -0.2) is 0 Å².